The Kier molecular flexibility index (Phi) is 56.5. The zero-order chi connectivity index (χ0) is 9.00. The van der Waals surface area contributed by atoms with Gasteiger partial charge in [-0.1, -0.05) is 0 Å². The van der Waals surface area contributed by atoms with E-state index in [1.165, 1.54) is 0 Å². The average Bonchev–Trinajstić information content (AvgIpc) is 1.12. The molecular weight excluding hydrogens is 361 g/mol. The van der Waals surface area contributed by atoms with E-state index >= 15 is 0 Å². The van der Waals surface area contributed by atoms with E-state index in [0.29, 0.717) is 0 Å². The molecule has 0 amide bonds. The summed E-state index contributed by atoms with van der Waals surface area (Å²) in [5, 5.41) is 0. The first-order valence-electron chi connectivity index (χ1n) is 1.33. The van der Waals surface area contributed by atoms with Crippen LogP contribution in [0.3, 0.4) is 0 Å². The predicted octanol–water partition coefficient (Wildman–Crippen LogP) is -10.3. The van der Waals surface area contributed by atoms with Crippen LogP contribution in [0.15, 0.2) is 0 Å². The molecule has 0 aliphatic carbocycles. The number of rotatable bonds is 0. The van der Waals surface area contributed by atoms with Crippen molar-refractivity contribution in [1.82, 2.24) is 0 Å². The summed E-state index contributed by atoms with van der Waals surface area (Å²) >= 11 is 0. The molecule has 0 aromatic heterocycles. The van der Waals surface area contributed by atoms with Crippen molar-refractivity contribution in [2.75, 3.05) is 0 Å². The fraction of sp³-hybridized carbons (Fsp3) is 0. The van der Waals surface area contributed by atoms with Crippen molar-refractivity contribution in [3.63, 3.8) is 0 Å². The Morgan fingerprint density at radius 2 is 0.600 bits per heavy atom. The molecule has 0 saturated carbocycles. The van der Waals surface area contributed by atoms with E-state index < -0.39 is 20.8 Å². The smallest absolute Gasteiger partial charge is 0.759 e. The van der Waals surface area contributed by atoms with Crippen LogP contribution < -0.4 is 103 Å². The SMILES string of the molecule is O.O.O=S(=O)([O-])[O-].O=S(=O)([O-])[O-].[K+].[K+].[Ni+2]. The summed E-state index contributed by atoms with van der Waals surface area (Å²) in [6, 6.07) is 0. The number of hydrogen-bond donors (Lipinski definition) is 0. The van der Waals surface area contributed by atoms with Gasteiger partial charge in [-0.05, 0) is 0 Å². The molecule has 0 rings (SSSR count). The Morgan fingerprint density at radius 3 is 0.600 bits per heavy atom. The third-order valence-electron chi connectivity index (χ3n) is 0. The Balaban J connectivity index is -0.0000000128. The molecule has 88 valence electrons. The first-order chi connectivity index (χ1) is 4.00. The van der Waals surface area contributed by atoms with E-state index in [-0.39, 0.29) is 130 Å². The van der Waals surface area contributed by atoms with Crippen LogP contribution in [0, 0.1) is 0 Å². The summed E-state index contributed by atoms with van der Waals surface area (Å²) in [5.41, 5.74) is 0. The standard InChI is InChI=1S/2K.Ni.2H2O4S.2H2O/c;;;2*1-5(2,3)4;;/h;;;2*(H2,1,2,3,4);2*1H2/q2*+1;+2;;;;/p-4. The molecule has 0 aromatic rings. The van der Waals surface area contributed by atoms with Crippen LogP contribution in [0.5, 0.6) is 0 Å². The van der Waals surface area contributed by atoms with Gasteiger partial charge >= 0.3 is 119 Å². The Labute approximate surface area is 181 Å². The van der Waals surface area contributed by atoms with Crippen molar-refractivity contribution >= 4 is 20.8 Å². The Bertz CT molecular complexity index is 218. The fourth-order valence-electron chi connectivity index (χ4n) is 0. The first kappa shape index (κ1) is 42.9. The summed E-state index contributed by atoms with van der Waals surface area (Å²) in [6.07, 6.45) is 0. The molecule has 4 N–H and O–H groups in total. The van der Waals surface area contributed by atoms with Crippen molar-refractivity contribution in [3.05, 3.63) is 0 Å². The minimum absolute atomic E-state index is 0. The van der Waals surface area contributed by atoms with Gasteiger partial charge in [0.2, 0.25) is 0 Å². The number of hydrogen-bond acceptors (Lipinski definition) is 8. The van der Waals surface area contributed by atoms with Gasteiger partial charge in [-0.2, -0.15) is 0 Å². The third-order valence-corrected chi connectivity index (χ3v) is 0. The maximum Gasteiger partial charge on any atom is 2.00 e. The molecule has 0 unspecified atom stereocenters. The van der Waals surface area contributed by atoms with Gasteiger partial charge in [-0.3, -0.25) is 16.8 Å². The molecule has 0 radical (unpaired) electrons. The summed E-state index contributed by atoms with van der Waals surface area (Å²) in [5.74, 6) is 0. The van der Waals surface area contributed by atoms with Crippen molar-refractivity contribution in [2.45, 2.75) is 0 Å². The van der Waals surface area contributed by atoms with E-state index in [4.69, 9.17) is 35.0 Å². The molecule has 10 nitrogen and oxygen atoms in total. The van der Waals surface area contributed by atoms with Gasteiger partial charge in [0, 0.05) is 20.8 Å². The van der Waals surface area contributed by atoms with Crippen LogP contribution in [0.25, 0.3) is 0 Å². The van der Waals surface area contributed by atoms with Gasteiger partial charge < -0.3 is 29.2 Å². The van der Waals surface area contributed by atoms with Gasteiger partial charge in [0.05, 0.1) is 0 Å². The monoisotopic (exact) mass is 364 g/mol. The van der Waals surface area contributed by atoms with Crippen LogP contribution in [0.2, 0.25) is 0 Å². The van der Waals surface area contributed by atoms with Gasteiger partial charge in [0.15, 0.2) is 0 Å². The van der Waals surface area contributed by atoms with Crippen LogP contribution >= 0.6 is 0 Å². The maximum atomic E-state index is 8.52. The van der Waals surface area contributed by atoms with E-state index in [9.17, 15) is 0 Å². The van der Waals surface area contributed by atoms with E-state index in [1.807, 2.05) is 0 Å². The third kappa shape index (κ3) is 353. The minimum Gasteiger partial charge on any atom is -0.759 e. The molecule has 15 heavy (non-hydrogen) atoms. The molecule has 0 spiro atoms. The zero-order valence-corrected chi connectivity index (χ0v) is 16.3. The van der Waals surface area contributed by atoms with Crippen LogP contribution in [0.4, 0.5) is 0 Å². The zero-order valence-electron chi connectivity index (χ0n) is 7.40. The predicted molar refractivity (Wildman–Crippen MR) is 28.2 cm³/mol. The first-order valence-corrected chi connectivity index (χ1v) is 4.00. The maximum absolute atomic E-state index is 8.52. The molecular formula is H4K2NiO10S2. The van der Waals surface area contributed by atoms with Crippen LogP contribution in [-0.4, -0.2) is 46.0 Å². The van der Waals surface area contributed by atoms with Gasteiger partial charge in [0.25, 0.3) is 0 Å². The van der Waals surface area contributed by atoms with Crippen molar-refractivity contribution < 1.29 is 165 Å². The molecule has 0 aromatic carbocycles. The van der Waals surface area contributed by atoms with E-state index in [2.05, 4.69) is 0 Å². The molecule has 0 aliphatic heterocycles. The summed E-state index contributed by atoms with van der Waals surface area (Å²) in [4.78, 5) is 0. The largest absolute Gasteiger partial charge is 2.00 e. The average molecular weight is 365 g/mol. The Hall–Kier alpha value is 3.43. The van der Waals surface area contributed by atoms with Crippen molar-refractivity contribution in [3.8, 4) is 0 Å². The second-order valence-corrected chi connectivity index (χ2v) is 2.45. The molecule has 0 aliphatic rings. The van der Waals surface area contributed by atoms with Crippen LogP contribution in [0.1, 0.15) is 0 Å². The van der Waals surface area contributed by atoms with E-state index in [0.717, 1.165) is 0 Å². The Morgan fingerprint density at radius 1 is 0.600 bits per heavy atom. The minimum atomic E-state index is -5.17. The summed E-state index contributed by atoms with van der Waals surface area (Å²) < 4.78 is 68.2. The molecule has 0 heterocycles. The fourth-order valence-corrected chi connectivity index (χ4v) is 0. The van der Waals surface area contributed by atoms with Crippen molar-refractivity contribution in [1.29, 1.82) is 0 Å². The summed E-state index contributed by atoms with van der Waals surface area (Å²) in [7, 11) is -10.3. The second kappa shape index (κ2) is 19.8. The van der Waals surface area contributed by atoms with Gasteiger partial charge in [-0.15, -0.1) is 0 Å². The summed E-state index contributed by atoms with van der Waals surface area (Å²) in [6.45, 7) is 0. The molecule has 0 saturated heterocycles. The van der Waals surface area contributed by atoms with Gasteiger partial charge in [0.1, 0.15) is 0 Å². The van der Waals surface area contributed by atoms with Crippen molar-refractivity contribution in [2.24, 2.45) is 0 Å². The quantitative estimate of drug-likeness (QED) is 0.227. The van der Waals surface area contributed by atoms with Crippen LogP contribution in [-0.2, 0) is 37.3 Å². The topological polar surface area (TPSA) is 224 Å². The normalized spacial score (nSPS) is 7.73. The van der Waals surface area contributed by atoms with E-state index in [1.54, 1.807) is 0 Å². The molecule has 0 atom stereocenters. The molecule has 0 fully saturated rings. The molecule has 15 heteroatoms. The second-order valence-electron chi connectivity index (χ2n) is 0.816. The van der Waals surface area contributed by atoms with Gasteiger partial charge in [-0.25, -0.2) is 0 Å². The molecule has 0 bridgehead atoms.